The van der Waals surface area contributed by atoms with E-state index >= 15 is 0 Å². The van der Waals surface area contributed by atoms with Gasteiger partial charge in [0.25, 0.3) is 10.0 Å². The maximum absolute atomic E-state index is 14.7. The molecular formula is C37H42ClN3O5S. The smallest absolute Gasteiger partial charge is 0.264 e. The van der Waals surface area contributed by atoms with Gasteiger partial charge in [0.2, 0.25) is 11.8 Å². The highest BCUT2D eigenvalue weighted by molar-refractivity contribution is 7.92. The van der Waals surface area contributed by atoms with E-state index in [1.165, 1.54) is 17.0 Å². The molecule has 0 saturated heterocycles. The van der Waals surface area contributed by atoms with Crippen molar-refractivity contribution in [2.45, 2.75) is 64.1 Å². The molecule has 0 aliphatic rings. The van der Waals surface area contributed by atoms with Crippen LogP contribution in [-0.4, -0.2) is 49.9 Å². The molecule has 0 aromatic heterocycles. The van der Waals surface area contributed by atoms with Gasteiger partial charge in [0, 0.05) is 23.5 Å². The lowest BCUT2D eigenvalue weighted by molar-refractivity contribution is -0.140. The molecule has 0 bridgehead atoms. The number of anilines is 1. The summed E-state index contributed by atoms with van der Waals surface area (Å²) in [6, 6.07) is 28.6. The lowest BCUT2D eigenvalue weighted by Gasteiger charge is -2.35. The van der Waals surface area contributed by atoms with Crippen LogP contribution in [0.2, 0.25) is 5.02 Å². The maximum atomic E-state index is 14.7. The van der Waals surface area contributed by atoms with Crippen LogP contribution in [0.15, 0.2) is 108 Å². The summed E-state index contributed by atoms with van der Waals surface area (Å²) in [5.41, 5.74) is 1.96. The van der Waals surface area contributed by atoms with Crippen molar-refractivity contribution >= 4 is 39.1 Å². The van der Waals surface area contributed by atoms with Crippen LogP contribution in [0.1, 0.15) is 44.4 Å². The predicted octanol–water partition coefficient (Wildman–Crippen LogP) is 6.80. The summed E-state index contributed by atoms with van der Waals surface area (Å²) in [5, 5.41) is 3.45. The van der Waals surface area contributed by atoms with Crippen LogP contribution in [0.5, 0.6) is 5.75 Å². The van der Waals surface area contributed by atoms with E-state index in [0.717, 1.165) is 15.4 Å². The fourth-order valence-corrected chi connectivity index (χ4v) is 6.73. The number of carbonyl (C=O) groups is 2. The van der Waals surface area contributed by atoms with Gasteiger partial charge in [0.1, 0.15) is 18.3 Å². The Kier molecular flexibility index (Phi) is 11.7. The molecule has 47 heavy (non-hydrogen) atoms. The molecule has 4 aromatic rings. The molecule has 2 amide bonds. The largest absolute Gasteiger partial charge is 0.492 e. The first-order valence-electron chi connectivity index (χ1n) is 15.5. The topological polar surface area (TPSA) is 96.0 Å². The molecule has 10 heteroatoms. The zero-order chi connectivity index (χ0) is 34.2. The second-order valence-corrected chi connectivity index (χ2v) is 14.6. The number of ether oxygens (including phenoxy) is 1. The average Bonchev–Trinajstić information content (AvgIpc) is 3.02. The second kappa shape index (κ2) is 15.5. The van der Waals surface area contributed by atoms with Crippen LogP contribution >= 0.6 is 11.6 Å². The fourth-order valence-electron chi connectivity index (χ4n) is 5.11. The van der Waals surface area contributed by atoms with Gasteiger partial charge in [-0.25, -0.2) is 8.42 Å². The lowest BCUT2D eigenvalue weighted by Crippen LogP contribution is -2.56. The summed E-state index contributed by atoms with van der Waals surface area (Å²) in [6.07, 6.45) is 0.194. The highest BCUT2D eigenvalue weighted by atomic mass is 35.5. The summed E-state index contributed by atoms with van der Waals surface area (Å²) < 4.78 is 35.6. The van der Waals surface area contributed by atoms with E-state index in [2.05, 4.69) is 5.32 Å². The third-order valence-electron chi connectivity index (χ3n) is 7.39. The summed E-state index contributed by atoms with van der Waals surface area (Å²) in [7, 11) is -4.28. The standard InChI is InChI=1S/C37H42ClN3O5S/c1-6-46-34-19-13-12-18-32(34)41(47(44,45)30-22-20-27(2)21-23-30)26-35(42)40(25-29-16-10-11-17-31(29)38)33(36(43)39-37(3,4)5)24-28-14-8-7-9-15-28/h7-23,33H,6,24-26H2,1-5H3,(H,39,43)/t33-/m0/s1. The Labute approximate surface area is 283 Å². The van der Waals surface area contributed by atoms with E-state index in [0.29, 0.717) is 16.3 Å². The Hall–Kier alpha value is -4.34. The molecular weight excluding hydrogens is 634 g/mol. The SMILES string of the molecule is CCOc1ccccc1N(CC(=O)N(Cc1ccccc1Cl)[C@@H](Cc1ccccc1)C(=O)NC(C)(C)C)S(=O)(=O)c1ccc(C)cc1. The predicted molar refractivity (Wildman–Crippen MR) is 187 cm³/mol. The number of sulfonamides is 1. The molecule has 248 valence electrons. The number of hydrogen-bond acceptors (Lipinski definition) is 5. The average molecular weight is 676 g/mol. The summed E-state index contributed by atoms with van der Waals surface area (Å²) in [4.78, 5) is 30.2. The first kappa shape index (κ1) is 35.5. The van der Waals surface area contributed by atoms with Crippen LogP contribution < -0.4 is 14.4 Å². The normalized spacial score (nSPS) is 12.2. The molecule has 0 unspecified atom stereocenters. The van der Waals surface area contributed by atoms with Crippen LogP contribution in [0.4, 0.5) is 5.69 Å². The third kappa shape index (κ3) is 9.36. The van der Waals surface area contributed by atoms with Crippen LogP contribution in [0.3, 0.4) is 0 Å². The van der Waals surface area contributed by atoms with Gasteiger partial charge in [-0.1, -0.05) is 90.0 Å². The highest BCUT2D eigenvalue weighted by Crippen LogP contribution is 2.33. The number of amides is 2. The van der Waals surface area contributed by atoms with Crippen molar-refractivity contribution in [2.75, 3.05) is 17.5 Å². The van der Waals surface area contributed by atoms with Crippen LogP contribution in [0.25, 0.3) is 0 Å². The van der Waals surface area contributed by atoms with E-state index in [-0.39, 0.29) is 36.1 Å². The van der Waals surface area contributed by atoms with Gasteiger partial charge in [-0.15, -0.1) is 0 Å². The van der Waals surface area contributed by atoms with E-state index < -0.39 is 34.1 Å². The number of carbonyl (C=O) groups excluding carboxylic acids is 2. The molecule has 4 rings (SSSR count). The Morgan fingerprint density at radius 3 is 2.13 bits per heavy atom. The number of aryl methyl sites for hydroxylation is 1. The van der Waals surface area contributed by atoms with Crippen molar-refractivity contribution in [1.82, 2.24) is 10.2 Å². The fraction of sp³-hybridized carbons (Fsp3) is 0.297. The molecule has 0 saturated carbocycles. The number of benzene rings is 4. The maximum Gasteiger partial charge on any atom is 0.264 e. The number of para-hydroxylation sites is 2. The Morgan fingerprint density at radius 1 is 0.872 bits per heavy atom. The molecule has 0 heterocycles. The number of nitrogens with zero attached hydrogens (tertiary/aromatic N) is 2. The zero-order valence-electron chi connectivity index (χ0n) is 27.4. The summed E-state index contributed by atoms with van der Waals surface area (Å²) in [6.45, 7) is 8.92. The van der Waals surface area contributed by atoms with E-state index in [4.69, 9.17) is 16.3 Å². The highest BCUT2D eigenvalue weighted by Gasteiger charge is 2.36. The Bertz CT molecular complexity index is 1770. The van der Waals surface area contributed by atoms with Gasteiger partial charge >= 0.3 is 0 Å². The molecule has 0 aliphatic heterocycles. The molecule has 0 radical (unpaired) electrons. The van der Waals surface area contributed by atoms with Crippen LogP contribution in [0, 0.1) is 6.92 Å². The number of rotatable bonds is 13. The minimum absolute atomic E-state index is 0.0196. The summed E-state index contributed by atoms with van der Waals surface area (Å²) in [5.74, 6) is -0.649. The van der Waals surface area contributed by atoms with E-state index in [1.54, 1.807) is 67.6 Å². The van der Waals surface area contributed by atoms with Gasteiger partial charge in [0.15, 0.2) is 0 Å². The molecule has 4 aromatic carbocycles. The number of hydrogen-bond donors (Lipinski definition) is 1. The van der Waals surface area contributed by atoms with Crippen molar-refractivity contribution < 1.29 is 22.7 Å². The van der Waals surface area contributed by atoms with Gasteiger partial charge in [-0.05, 0) is 76.1 Å². The van der Waals surface area contributed by atoms with Crippen molar-refractivity contribution in [3.8, 4) is 5.75 Å². The molecule has 1 N–H and O–H groups in total. The van der Waals surface area contributed by atoms with Crippen LogP contribution in [-0.2, 0) is 32.6 Å². The van der Waals surface area contributed by atoms with Gasteiger partial charge in [-0.2, -0.15) is 0 Å². The minimum atomic E-state index is -4.28. The first-order valence-corrected chi connectivity index (χ1v) is 17.3. The van der Waals surface area contributed by atoms with Gasteiger partial charge in [0.05, 0.1) is 17.2 Å². The molecule has 0 aliphatic carbocycles. The van der Waals surface area contributed by atoms with Gasteiger partial charge < -0.3 is 15.0 Å². The minimum Gasteiger partial charge on any atom is -0.492 e. The number of nitrogens with one attached hydrogen (secondary N) is 1. The van der Waals surface area contributed by atoms with Crippen molar-refractivity contribution in [2.24, 2.45) is 0 Å². The molecule has 0 spiro atoms. The van der Waals surface area contributed by atoms with Gasteiger partial charge in [-0.3, -0.25) is 13.9 Å². The molecule has 8 nitrogen and oxygen atoms in total. The van der Waals surface area contributed by atoms with E-state index in [1.807, 2.05) is 58.0 Å². The quantitative estimate of drug-likeness (QED) is 0.168. The summed E-state index contributed by atoms with van der Waals surface area (Å²) >= 11 is 6.59. The van der Waals surface area contributed by atoms with E-state index in [9.17, 15) is 18.0 Å². The zero-order valence-corrected chi connectivity index (χ0v) is 29.0. The second-order valence-electron chi connectivity index (χ2n) is 12.3. The molecule has 0 fully saturated rings. The number of halogens is 1. The molecule has 1 atom stereocenters. The van der Waals surface area contributed by atoms with Crippen molar-refractivity contribution in [1.29, 1.82) is 0 Å². The lowest BCUT2D eigenvalue weighted by atomic mass is 10.0. The van der Waals surface area contributed by atoms with Crippen molar-refractivity contribution in [3.63, 3.8) is 0 Å². The van der Waals surface area contributed by atoms with Crippen molar-refractivity contribution in [3.05, 3.63) is 125 Å². The first-order chi connectivity index (χ1) is 22.3. The monoisotopic (exact) mass is 675 g/mol. The third-order valence-corrected chi connectivity index (χ3v) is 9.53. The Morgan fingerprint density at radius 2 is 1.49 bits per heavy atom. The Balaban J connectivity index is 1.86.